The van der Waals surface area contributed by atoms with E-state index in [1.807, 2.05) is 7.05 Å². The second-order valence-electron chi connectivity index (χ2n) is 5.88. The lowest BCUT2D eigenvalue weighted by Gasteiger charge is -2.19. The molecule has 0 saturated heterocycles. The Hall–Kier alpha value is -2.65. The number of benzene rings is 1. The van der Waals surface area contributed by atoms with Crippen molar-refractivity contribution < 1.29 is 17.7 Å². The summed E-state index contributed by atoms with van der Waals surface area (Å²) in [6, 6.07) is 6.46. The Morgan fingerprint density at radius 2 is 1.92 bits per heavy atom. The van der Waals surface area contributed by atoms with Crippen LogP contribution in [0.15, 0.2) is 46.1 Å². The van der Waals surface area contributed by atoms with Crippen molar-refractivity contribution in [3.05, 3.63) is 59.5 Å². The number of nitrogens with zero attached hydrogens (tertiary/aromatic N) is 3. The molecular weight excluding hydrogens is 356 g/mol. The molecule has 0 amide bonds. The molecule has 1 atom stereocenters. The molecule has 1 aromatic carbocycles. The van der Waals surface area contributed by atoms with Gasteiger partial charge in [-0.2, -0.15) is 4.72 Å². The molecule has 3 aromatic rings. The Morgan fingerprint density at radius 1 is 1.23 bits per heavy atom. The van der Waals surface area contributed by atoms with Crippen LogP contribution < -0.4 is 9.46 Å². The quantitative estimate of drug-likeness (QED) is 0.707. The van der Waals surface area contributed by atoms with Gasteiger partial charge in [0.15, 0.2) is 5.76 Å². The van der Waals surface area contributed by atoms with E-state index in [9.17, 15) is 8.42 Å². The first-order valence-corrected chi connectivity index (χ1v) is 9.38. The minimum atomic E-state index is -3.87. The number of aryl methyl sites for hydroxylation is 3. The summed E-state index contributed by atoms with van der Waals surface area (Å²) in [4.78, 5) is 4.36. The van der Waals surface area contributed by atoms with E-state index in [0.29, 0.717) is 17.3 Å². The third-order valence-corrected chi connectivity index (χ3v) is 5.74. The van der Waals surface area contributed by atoms with Gasteiger partial charge >= 0.3 is 0 Å². The predicted octanol–water partition coefficient (Wildman–Crippen LogP) is 2.10. The average Bonchev–Trinajstić information content (AvgIpc) is 3.18. The highest BCUT2D eigenvalue weighted by atomic mass is 32.2. The molecule has 0 unspecified atom stereocenters. The summed E-state index contributed by atoms with van der Waals surface area (Å²) >= 11 is 0. The van der Waals surface area contributed by atoms with Crippen LogP contribution in [0.3, 0.4) is 0 Å². The van der Waals surface area contributed by atoms with E-state index >= 15 is 0 Å². The van der Waals surface area contributed by atoms with Crippen molar-refractivity contribution in [2.75, 3.05) is 7.11 Å². The van der Waals surface area contributed by atoms with Gasteiger partial charge in [0.1, 0.15) is 28.2 Å². The van der Waals surface area contributed by atoms with Crippen LogP contribution in [-0.4, -0.2) is 30.2 Å². The molecule has 3 rings (SSSR count). The number of ether oxygens (including phenoxy) is 1. The van der Waals surface area contributed by atoms with Crippen LogP contribution in [0, 0.1) is 13.8 Å². The van der Waals surface area contributed by atoms with Crippen molar-refractivity contribution in [1.29, 1.82) is 0 Å². The summed E-state index contributed by atoms with van der Waals surface area (Å²) in [5, 5.41) is 3.73. The molecule has 0 spiro atoms. The summed E-state index contributed by atoms with van der Waals surface area (Å²) in [7, 11) is -0.492. The number of nitrogens with one attached hydrogen (secondary N) is 1. The van der Waals surface area contributed by atoms with Gasteiger partial charge in [-0.3, -0.25) is 0 Å². The van der Waals surface area contributed by atoms with Gasteiger partial charge in [0.25, 0.3) is 0 Å². The van der Waals surface area contributed by atoms with Gasteiger partial charge in [0, 0.05) is 19.4 Å². The van der Waals surface area contributed by atoms with Crippen molar-refractivity contribution in [3.8, 4) is 5.75 Å². The molecule has 0 aliphatic carbocycles. The van der Waals surface area contributed by atoms with Gasteiger partial charge in [-0.05, 0) is 31.5 Å². The third-order valence-electron chi connectivity index (χ3n) is 4.08. The van der Waals surface area contributed by atoms with Crippen LogP contribution in [0.2, 0.25) is 0 Å². The summed E-state index contributed by atoms with van der Waals surface area (Å²) in [6.07, 6.45) is 3.38. The summed E-state index contributed by atoms with van der Waals surface area (Å²) < 4.78 is 40.6. The van der Waals surface area contributed by atoms with Crippen molar-refractivity contribution >= 4 is 10.0 Å². The Balaban J connectivity index is 2.05. The normalized spacial score (nSPS) is 12.9. The molecule has 26 heavy (non-hydrogen) atoms. The topological polar surface area (TPSA) is 99.2 Å². The number of sulfonamides is 1. The predicted molar refractivity (Wildman–Crippen MR) is 94.3 cm³/mol. The molecule has 1 N–H and O–H groups in total. The molecule has 0 aliphatic rings. The van der Waals surface area contributed by atoms with Gasteiger partial charge in [0.05, 0.1) is 7.11 Å². The first-order valence-electron chi connectivity index (χ1n) is 7.90. The van der Waals surface area contributed by atoms with Crippen LogP contribution in [0.1, 0.15) is 28.9 Å². The van der Waals surface area contributed by atoms with Gasteiger partial charge < -0.3 is 13.8 Å². The second-order valence-corrected chi connectivity index (χ2v) is 7.53. The SMILES string of the molecule is COc1ccc([C@H](NS(=O)(=O)c2c(C)noc2C)c2nccn2C)cc1. The largest absolute Gasteiger partial charge is 0.497 e. The lowest BCUT2D eigenvalue weighted by Crippen LogP contribution is -2.31. The Kier molecular flexibility index (Phi) is 4.84. The lowest BCUT2D eigenvalue weighted by molar-refractivity contribution is 0.390. The highest BCUT2D eigenvalue weighted by Crippen LogP contribution is 2.27. The molecule has 9 heteroatoms. The van der Waals surface area contributed by atoms with Gasteiger partial charge in [-0.1, -0.05) is 17.3 Å². The minimum absolute atomic E-state index is 0.0465. The monoisotopic (exact) mass is 376 g/mol. The first kappa shape index (κ1) is 18.2. The fourth-order valence-electron chi connectivity index (χ4n) is 2.79. The van der Waals surface area contributed by atoms with E-state index in [2.05, 4.69) is 14.9 Å². The fraction of sp³-hybridized carbons (Fsp3) is 0.294. The zero-order valence-electron chi connectivity index (χ0n) is 14.9. The number of rotatable bonds is 6. The molecule has 0 radical (unpaired) electrons. The minimum Gasteiger partial charge on any atom is -0.497 e. The Bertz CT molecular complexity index is 986. The standard InChI is InChI=1S/C17H20N4O4S/c1-11-16(12(2)25-19-11)26(22,23)20-15(17-18-9-10-21(17)3)13-5-7-14(24-4)8-6-13/h5-10,15,20H,1-4H3/t15-/m0/s1. The first-order chi connectivity index (χ1) is 12.3. The molecule has 2 aromatic heterocycles. The molecule has 2 heterocycles. The van der Waals surface area contributed by atoms with Crippen molar-refractivity contribution in [2.45, 2.75) is 24.8 Å². The van der Waals surface area contributed by atoms with Crippen LogP contribution in [0.5, 0.6) is 5.75 Å². The number of hydrogen-bond donors (Lipinski definition) is 1. The molecular formula is C17H20N4O4S. The van der Waals surface area contributed by atoms with Crippen molar-refractivity contribution in [2.24, 2.45) is 7.05 Å². The molecule has 0 fully saturated rings. The van der Waals surface area contributed by atoms with E-state index in [0.717, 1.165) is 5.56 Å². The highest BCUT2D eigenvalue weighted by molar-refractivity contribution is 7.89. The molecule has 0 saturated carbocycles. The van der Waals surface area contributed by atoms with E-state index in [4.69, 9.17) is 9.26 Å². The maximum absolute atomic E-state index is 13.0. The van der Waals surface area contributed by atoms with Crippen LogP contribution in [0.25, 0.3) is 0 Å². The maximum atomic E-state index is 13.0. The Labute approximate surface area is 151 Å². The number of methoxy groups -OCH3 is 1. The van der Waals surface area contributed by atoms with Crippen molar-refractivity contribution in [1.82, 2.24) is 19.4 Å². The van der Waals surface area contributed by atoms with E-state index in [1.54, 1.807) is 62.2 Å². The second kappa shape index (κ2) is 6.93. The molecule has 138 valence electrons. The van der Waals surface area contributed by atoms with Crippen molar-refractivity contribution in [3.63, 3.8) is 0 Å². The maximum Gasteiger partial charge on any atom is 0.246 e. The smallest absolute Gasteiger partial charge is 0.246 e. The average molecular weight is 376 g/mol. The summed E-state index contributed by atoms with van der Waals surface area (Å²) in [5.41, 5.74) is 1.04. The van der Waals surface area contributed by atoms with Gasteiger partial charge in [-0.15, -0.1) is 0 Å². The zero-order chi connectivity index (χ0) is 18.9. The highest BCUT2D eigenvalue weighted by Gasteiger charge is 2.30. The molecule has 0 bridgehead atoms. The zero-order valence-corrected chi connectivity index (χ0v) is 15.7. The number of hydrogen-bond acceptors (Lipinski definition) is 6. The third kappa shape index (κ3) is 3.35. The van der Waals surface area contributed by atoms with E-state index in [-0.39, 0.29) is 10.7 Å². The number of imidazole rings is 1. The Morgan fingerprint density at radius 3 is 2.42 bits per heavy atom. The van der Waals surface area contributed by atoms with Gasteiger partial charge in [0.2, 0.25) is 10.0 Å². The van der Waals surface area contributed by atoms with Gasteiger partial charge in [-0.25, -0.2) is 13.4 Å². The van der Waals surface area contributed by atoms with Crippen LogP contribution >= 0.6 is 0 Å². The van der Waals surface area contributed by atoms with Crippen LogP contribution in [-0.2, 0) is 17.1 Å². The number of aromatic nitrogens is 3. The molecule has 0 aliphatic heterocycles. The van der Waals surface area contributed by atoms with E-state index < -0.39 is 16.1 Å². The van der Waals surface area contributed by atoms with Crippen LogP contribution in [0.4, 0.5) is 0 Å². The molecule has 8 nitrogen and oxygen atoms in total. The van der Waals surface area contributed by atoms with E-state index in [1.165, 1.54) is 0 Å². The summed E-state index contributed by atoms with van der Waals surface area (Å²) in [5.74, 6) is 1.48. The summed E-state index contributed by atoms with van der Waals surface area (Å²) in [6.45, 7) is 3.16. The fourth-order valence-corrected chi connectivity index (χ4v) is 4.31. The lowest BCUT2D eigenvalue weighted by atomic mass is 10.1.